The van der Waals surface area contributed by atoms with Gasteiger partial charge in [-0.2, -0.15) is 0 Å². The largest absolute Gasteiger partial charge is 0.409 e. The number of nitrogens with zero attached hydrogens (tertiary/aromatic N) is 1. The monoisotopic (exact) mass is 199 g/mol. The Morgan fingerprint density at radius 1 is 1.29 bits per heavy atom. The van der Waals surface area contributed by atoms with Crippen LogP contribution in [0, 0.1) is 0 Å². The minimum Gasteiger partial charge on any atom is -0.409 e. The molecule has 1 rings (SSSR count). The number of amidine groups is 1. The van der Waals surface area contributed by atoms with Gasteiger partial charge in [-0.05, 0) is 12.8 Å². The van der Waals surface area contributed by atoms with Crippen LogP contribution in [0.25, 0.3) is 0 Å². The van der Waals surface area contributed by atoms with Crippen molar-refractivity contribution in [1.82, 2.24) is 5.32 Å². The quantitative estimate of drug-likeness (QED) is 0.211. The van der Waals surface area contributed by atoms with E-state index in [0.29, 0.717) is 18.3 Å². The van der Waals surface area contributed by atoms with Gasteiger partial charge in [-0.3, -0.25) is 0 Å². The first-order valence-corrected chi connectivity index (χ1v) is 5.52. The van der Waals surface area contributed by atoms with Crippen molar-refractivity contribution in [1.29, 1.82) is 0 Å². The lowest BCUT2D eigenvalue weighted by Crippen LogP contribution is -2.31. The van der Waals surface area contributed by atoms with Crippen LogP contribution in [0.1, 0.15) is 44.9 Å². The normalized spacial score (nSPS) is 20.7. The van der Waals surface area contributed by atoms with Crippen molar-refractivity contribution in [2.45, 2.75) is 51.0 Å². The van der Waals surface area contributed by atoms with Crippen LogP contribution in [0.2, 0.25) is 0 Å². The van der Waals surface area contributed by atoms with Crippen LogP contribution in [0.5, 0.6) is 0 Å². The Hall–Kier alpha value is -0.770. The Balaban J connectivity index is 2.10. The summed E-state index contributed by atoms with van der Waals surface area (Å²) in [7, 11) is 0. The number of hydrogen-bond donors (Lipinski definition) is 3. The van der Waals surface area contributed by atoms with Gasteiger partial charge in [0, 0.05) is 19.0 Å². The highest BCUT2D eigenvalue weighted by Crippen LogP contribution is 2.16. The first kappa shape index (κ1) is 11.3. The molecule has 4 nitrogen and oxygen atoms in total. The van der Waals surface area contributed by atoms with Gasteiger partial charge in [-0.15, -0.1) is 0 Å². The maximum atomic E-state index is 8.35. The molecule has 0 heterocycles. The molecule has 0 spiro atoms. The molecule has 0 atom stereocenters. The van der Waals surface area contributed by atoms with Gasteiger partial charge in [0.15, 0.2) is 0 Å². The fourth-order valence-corrected chi connectivity index (χ4v) is 1.94. The van der Waals surface area contributed by atoms with Gasteiger partial charge in [0.1, 0.15) is 5.84 Å². The summed E-state index contributed by atoms with van der Waals surface area (Å²) >= 11 is 0. The summed E-state index contributed by atoms with van der Waals surface area (Å²) < 4.78 is 0. The molecule has 4 heteroatoms. The van der Waals surface area contributed by atoms with E-state index in [1.54, 1.807) is 0 Å². The predicted molar refractivity (Wildman–Crippen MR) is 57.5 cm³/mol. The Kier molecular flexibility index (Phi) is 5.37. The Bertz CT molecular complexity index is 174. The molecule has 82 valence electrons. The molecular formula is C10H21N3O. The van der Waals surface area contributed by atoms with Crippen LogP contribution in [0.3, 0.4) is 0 Å². The van der Waals surface area contributed by atoms with Gasteiger partial charge in [0.25, 0.3) is 0 Å². The molecule has 0 aromatic carbocycles. The first-order chi connectivity index (χ1) is 6.83. The van der Waals surface area contributed by atoms with Gasteiger partial charge in [-0.1, -0.05) is 30.8 Å². The van der Waals surface area contributed by atoms with Gasteiger partial charge in [0.2, 0.25) is 0 Å². The lowest BCUT2D eigenvalue weighted by molar-refractivity contribution is 0.316. The minimum atomic E-state index is 0.311. The van der Waals surface area contributed by atoms with Crippen molar-refractivity contribution in [3.63, 3.8) is 0 Å². The third kappa shape index (κ3) is 4.46. The molecule has 1 aliphatic rings. The van der Waals surface area contributed by atoms with Crippen molar-refractivity contribution in [3.8, 4) is 0 Å². The Morgan fingerprint density at radius 3 is 2.50 bits per heavy atom. The van der Waals surface area contributed by atoms with Crippen LogP contribution in [-0.2, 0) is 0 Å². The van der Waals surface area contributed by atoms with Crippen molar-refractivity contribution >= 4 is 5.84 Å². The average Bonchev–Trinajstić information content (AvgIpc) is 2.46. The molecule has 1 aliphatic carbocycles. The molecule has 4 N–H and O–H groups in total. The number of hydrogen-bond acceptors (Lipinski definition) is 3. The van der Waals surface area contributed by atoms with E-state index >= 15 is 0 Å². The second-order valence-corrected chi connectivity index (χ2v) is 3.98. The summed E-state index contributed by atoms with van der Waals surface area (Å²) in [5, 5.41) is 14.8. The van der Waals surface area contributed by atoms with Gasteiger partial charge in [0.05, 0.1) is 0 Å². The van der Waals surface area contributed by atoms with E-state index in [0.717, 1.165) is 6.54 Å². The summed E-state index contributed by atoms with van der Waals surface area (Å²) in [5.74, 6) is 0.311. The highest BCUT2D eigenvalue weighted by molar-refractivity contribution is 5.79. The van der Waals surface area contributed by atoms with Crippen LogP contribution >= 0.6 is 0 Å². The van der Waals surface area contributed by atoms with E-state index in [9.17, 15) is 0 Å². The van der Waals surface area contributed by atoms with E-state index < -0.39 is 0 Å². The molecule has 0 unspecified atom stereocenters. The van der Waals surface area contributed by atoms with E-state index in [1.807, 2.05) is 0 Å². The van der Waals surface area contributed by atoms with Crippen molar-refractivity contribution in [3.05, 3.63) is 0 Å². The molecular weight excluding hydrogens is 178 g/mol. The highest BCUT2D eigenvalue weighted by atomic mass is 16.4. The van der Waals surface area contributed by atoms with Gasteiger partial charge >= 0.3 is 0 Å². The highest BCUT2D eigenvalue weighted by Gasteiger charge is 2.10. The molecule has 0 amide bonds. The van der Waals surface area contributed by atoms with Crippen molar-refractivity contribution in [2.24, 2.45) is 10.9 Å². The van der Waals surface area contributed by atoms with E-state index in [2.05, 4.69) is 10.5 Å². The number of oxime groups is 1. The summed E-state index contributed by atoms with van der Waals surface area (Å²) in [5.41, 5.74) is 5.38. The molecule has 0 bridgehead atoms. The number of nitrogens with one attached hydrogen (secondary N) is 1. The topological polar surface area (TPSA) is 70.6 Å². The fraction of sp³-hybridized carbons (Fsp3) is 0.900. The van der Waals surface area contributed by atoms with Crippen LogP contribution in [-0.4, -0.2) is 23.6 Å². The SMILES string of the molecule is NC(CCNC1CCCCCC1)=NO. The zero-order chi connectivity index (χ0) is 10.2. The molecule has 0 aliphatic heterocycles. The van der Waals surface area contributed by atoms with Crippen LogP contribution in [0.4, 0.5) is 0 Å². The number of nitrogens with two attached hydrogens (primary N) is 1. The second kappa shape index (κ2) is 6.65. The maximum absolute atomic E-state index is 8.35. The number of rotatable bonds is 4. The van der Waals surface area contributed by atoms with Gasteiger partial charge in [-0.25, -0.2) is 0 Å². The predicted octanol–water partition coefficient (Wildman–Crippen LogP) is 1.44. The molecule has 0 saturated heterocycles. The maximum Gasteiger partial charge on any atom is 0.140 e. The lowest BCUT2D eigenvalue weighted by Gasteiger charge is -2.15. The lowest BCUT2D eigenvalue weighted by atomic mass is 10.1. The van der Waals surface area contributed by atoms with Crippen molar-refractivity contribution in [2.75, 3.05) is 6.54 Å². The molecule has 0 aromatic heterocycles. The third-order valence-electron chi connectivity index (χ3n) is 2.80. The summed E-state index contributed by atoms with van der Waals surface area (Å²) in [6.07, 6.45) is 8.60. The fourth-order valence-electron chi connectivity index (χ4n) is 1.94. The average molecular weight is 199 g/mol. The van der Waals surface area contributed by atoms with Crippen LogP contribution < -0.4 is 11.1 Å². The second-order valence-electron chi connectivity index (χ2n) is 3.98. The standard InChI is InChI=1S/C10H21N3O/c11-10(13-14)7-8-12-9-5-3-1-2-4-6-9/h9,12,14H,1-8H2,(H2,11,13). The molecule has 0 radical (unpaired) electrons. The smallest absolute Gasteiger partial charge is 0.140 e. The van der Waals surface area contributed by atoms with Crippen LogP contribution in [0.15, 0.2) is 5.16 Å². The minimum absolute atomic E-state index is 0.311. The summed E-state index contributed by atoms with van der Waals surface area (Å²) in [6.45, 7) is 0.820. The zero-order valence-corrected chi connectivity index (χ0v) is 8.71. The van der Waals surface area contributed by atoms with E-state index in [4.69, 9.17) is 10.9 Å². The van der Waals surface area contributed by atoms with Gasteiger partial charge < -0.3 is 16.3 Å². The third-order valence-corrected chi connectivity index (χ3v) is 2.80. The Labute approximate surface area is 85.6 Å². The molecule has 1 saturated carbocycles. The zero-order valence-electron chi connectivity index (χ0n) is 8.71. The molecule has 1 fully saturated rings. The Morgan fingerprint density at radius 2 is 1.93 bits per heavy atom. The molecule has 0 aromatic rings. The first-order valence-electron chi connectivity index (χ1n) is 5.52. The van der Waals surface area contributed by atoms with Crippen molar-refractivity contribution < 1.29 is 5.21 Å². The molecule has 14 heavy (non-hydrogen) atoms. The van der Waals surface area contributed by atoms with E-state index in [1.165, 1.54) is 38.5 Å². The summed E-state index contributed by atoms with van der Waals surface area (Å²) in [6, 6.07) is 0.643. The summed E-state index contributed by atoms with van der Waals surface area (Å²) in [4.78, 5) is 0. The van der Waals surface area contributed by atoms with E-state index in [-0.39, 0.29) is 0 Å².